The van der Waals surface area contributed by atoms with Crippen molar-refractivity contribution in [1.82, 2.24) is 15.3 Å². The van der Waals surface area contributed by atoms with Gasteiger partial charge in [-0.25, -0.2) is 9.97 Å². The number of carbonyl (C=O) groups is 1. The number of anilines is 1. The Morgan fingerprint density at radius 1 is 1.43 bits per heavy atom. The number of hydrogen-bond donors (Lipinski definition) is 2. The van der Waals surface area contributed by atoms with Gasteiger partial charge in [0.2, 0.25) is 5.91 Å². The predicted octanol–water partition coefficient (Wildman–Crippen LogP) is 1.69. The van der Waals surface area contributed by atoms with E-state index in [1.165, 1.54) is 29.1 Å². The summed E-state index contributed by atoms with van der Waals surface area (Å²) >= 11 is 1.19. The maximum atomic E-state index is 11.8. The van der Waals surface area contributed by atoms with Gasteiger partial charge in [0.25, 0.3) is 0 Å². The molecule has 0 saturated carbocycles. The Morgan fingerprint density at radius 2 is 2.22 bits per heavy atom. The molecule has 0 unspecified atom stereocenters. The van der Waals surface area contributed by atoms with E-state index in [-0.39, 0.29) is 23.0 Å². The molecule has 0 radical (unpaired) electrons. The maximum Gasteiger partial charge on any atom is 0.230 e. The third-order valence-electron chi connectivity index (χ3n) is 3.23. The Kier molecular flexibility index (Phi) is 5.94. The van der Waals surface area contributed by atoms with Gasteiger partial charge in [-0.05, 0) is 24.5 Å². The van der Waals surface area contributed by atoms with Gasteiger partial charge in [-0.3, -0.25) is 4.79 Å². The van der Waals surface area contributed by atoms with Crippen molar-refractivity contribution in [2.45, 2.75) is 18.5 Å². The van der Waals surface area contributed by atoms with E-state index in [2.05, 4.69) is 34.3 Å². The first-order valence-corrected chi connectivity index (χ1v) is 8.05. The van der Waals surface area contributed by atoms with Crippen molar-refractivity contribution in [3.05, 3.63) is 47.2 Å². The van der Waals surface area contributed by atoms with Gasteiger partial charge in [0.1, 0.15) is 17.5 Å². The minimum Gasteiger partial charge on any atom is -0.382 e. The molecule has 0 atom stereocenters. The van der Waals surface area contributed by atoms with Crippen molar-refractivity contribution in [2.24, 2.45) is 0 Å². The fraction of sp³-hybridized carbons (Fsp3) is 0.250. The van der Waals surface area contributed by atoms with Crippen LogP contribution in [-0.4, -0.2) is 28.2 Å². The summed E-state index contributed by atoms with van der Waals surface area (Å²) in [5.41, 5.74) is 8.29. The lowest BCUT2D eigenvalue weighted by molar-refractivity contribution is -0.118. The predicted molar refractivity (Wildman–Crippen MR) is 89.8 cm³/mol. The van der Waals surface area contributed by atoms with Gasteiger partial charge in [0.05, 0.1) is 11.9 Å². The first-order chi connectivity index (χ1) is 11.1. The molecule has 0 fully saturated rings. The molecule has 0 spiro atoms. The van der Waals surface area contributed by atoms with Gasteiger partial charge in [-0.1, -0.05) is 36.0 Å². The molecule has 1 aromatic carbocycles. The largest absolute Gasteiger partial charge is 0.382 e. The van der Waals surface area contributed by atoms with Crippen LogP contribution in [0.25, 0.3) is 0 Å². The van der Waals surface area contributed by atoms with Crippen LogP contribution < -0.4 is 11.1 Å². The van der Waals surface area contributed by atoms with Crippen LogP contribution in [-0.2, 0) is 11.2 Å². The molecule has 1 aromatic heterocycles. The number of nitrogens with two attached hydrogens (primary N) is 1. The number of amides is 1. The van der Waals surface area contributed by atoms with Crippen molar-refractivity contribution in [2.75, 3.05) is 18.0 Å². The zero-order chi connectivity index (χ0) is 16.7. The summed E-state index contributed by atoms with van der Waals surface area (Å²) in [5, 5.41) is 12.0. The fourth-order valence-corrected chi connectivity index (χ4v) is 2.59. The SMILES string of the molecule is Cc1ccccc1CCNC(=O)CSc1ncc(C#N)c(N)n1. The summed E-state index contributed by atoms with van der Waals surface area (Å²) < 4.78 is 0. The maximum absolute atomic E-state index is 11.8. The number of thioether (sulfide) groups is 1. The quantitative estimate of drug-likeness (QED) is 0.618. The summed E-state index contributed by atoms with van der Waals surface area (Å²) in [7, 11) is 0. The van der Waals surface area contributed by atoms with Gasteiger partial charge >= 0.3 is 0 Å². The molecule has 0 bridgehead atoms. The second-order valence-corrected chi connectivity index (χ2v) is 5.82. The summed E-state index contributed by atoms with van der Waals surface area (Å²) in [6, 6.07) is 10.0. The topological polar surface area (TPSA) is 105 Å². The van der Waals surface area contributed by atoms with Crippen molar-refractivity contribution in [1.29, 1.82) is 5.26 Å². The van der Waals surface area contributed by atoms with Gasteiger partial charge in [-0.15, -0.1) is 0 Å². The van der Waals surface area contributed by atoms with E-state index in [0.29, 0.717) is 11.7 Å². The summed E-state index contributed by atoms with van der Waals surface area (Å²) in [5.74, 6) is 0.249. The summed E-state index contributed by atoms with van der Waals surface area (Å²) in [4.78, 5) is 19.8. The van der Waals surface area contributed by atoms with E-state index in [1.54, 1.807) is 0 Å². The highest BCUT2D eigenvalue weighted by Crippen LogP contribution is 2.15. The van der Waals surface area contributed by atoms with E-state index in [9.17, 15) is 4.79 Å². The van der Waals surface area contributed by atoms with Crippen LogP contribution in [0.1, 0.15) is 16.7 Å². The molecule has 0 aliphatic rings. The number of aryl methyl sites for hydroxylation is 1. The minimum atomic E-state index is -0.0879. The number of nitriles is 1. The normalized spacial score (nSPS) is 10.1. The lowest BCUT2D eigenvalue weighted by atomic mass is 10.1. The molecule has 7 heteroatoms. The van der Waals surface area contributed by atoms with Crippen molar-refractivity contribution in [3.63, 3.8) is 0 Å². The number of carbonyl (C=O) groups excluding carboxylic acids is 1. The average Bonchev–Trinajstić information content (AvgIpc) is 2.55. The number of nitrogens with one attached hydrogen (secondary N) is 1. The Balaban J connectivity index is 1.76. The molecule has 2 aromatic rings. The number of hydrogen-bond acceptors (Lipinski definition) is 6. The summed E-state index contributed by atoms with van der Waals surface area (Å²) in [6.07, 6.45) is 2.16. The lowest BCUT2D eigenvalue weighted by Crippen LogP contribution is -2.27. The van der Waals surface area contributed by atoms with Crippen LogP contribution in [0.5, 0.6) is 0 Å². The smallest absolute Gasteiger partial charge is 0.230 e. The average molecular weight is 327 g/mol. The number of nitrogen functional groups attached to an aromatic ring is 1. The van der Waals surface area contributed by atoms with E-state index in [4.69, 9.17) is 11.0 Å². The van der Waals surface area contributed by atoms with Crippen molar-refractivity contribution in [3.8, 4) is 6.07 Å². The molecule has 3 N–H and O–H groups in total. The van der Waals surface area contributed by atoms with Crippen LogP contribution in [0.4, 0.5) is 5.82 Å². The monoisotopic (exact) mass is 327 g/mol. The van der Waals surface area contributed by atoms with Crippen molar-refractivity contribution < 1.29 is 4.79 Å². The highest BCUT2D eigenvalue weighted by Gasteiger charge is 2.07. The van der Waals surface area contributed by atoms with Crippen molar-refractivity contribution >= 4 is 23.5 Å². The lowest BCUT2D eigenvalue weighted by Gasteiger charge is -2.07. The van der Waals surface area contributed by atoms with Crippen LogP contribution in [0.3, 0.4) is 0 Å². The Morgan fingerprint density at radius 3 is 2.91 bits per heavy atom. The Bertz CT molecular complexity index is 741. The van der Waals surface area contributed by atoms with Crippen LogP contribution in [0, 0.1) is 18.3 Å². The molecule has 1 amide bonds. The highest BCUT2D eigenvalue weighted by molar-refractivity contribution is 7.99. The summed E-state index contributed by atoms with van der Waals surface area (Å²) in [6.45, 7) is 2.64. The first kappa shape index (κ1) is 16.8. The van der Waals surface area contributed by atoms with Gasteiger partial charge in [-0.2, -0.15) is 5.26 Å². The molecule has 1 heterocycles. The van der Waals surface area contributed by atoms with Crippen LogP contribution in [0.2, 0.25) is 0 Å². The number of nitrogens with zero attached hydrogens (tertiary/aromatic N) is 3. The van der Waals surface area contributed by atoms with E-state index < -0.39 is 0 Å². The third-order valence-corrected chi connectivity index (χ3v) is 4.09. The molecular weight excluding hydrogens is 310 g/mol. The minimum absolute atomic E-state index is 0.0879. The van der Waals surface area contributed by atoms with Gasteiger partial charge in [0, 0.05) is 6.54 Å². The zero-order valence-electron chi connectivity index (χ0n) is 12.7. The zero-order valence-corrected chi connectivity index (χ0v) is 13.6. The van der Waals surface area contributed by atoms with Gasteiger partial charge < -0.3 is 11.1 Å². The molecule has 6 nitrogen and oxygen atoms in total. The van der Waals surface area contributed by atoms with E-state index in [0.717, 1.165) is 6.42 Å². The number of benzene rings is 1. The van der Waals surface area contributed by atoms with Crippen LogP contribution >= 0.6 is 11.8 Å². The molecule has 0 aliphatic heterocycles. The Hall–Kier alpha value is -2.59. The molecule has 2 rings (SSSR count). The second-order valence-electron chi connectivity index (χ2n) is 4.88. The molecular formula is C16H17N5OS. The van der Waals surface area contributed by atoms with Crippen LogP contribution in [0.15, 0.2) is 35.6 Å². The third kappa shape index (κ3) is 4.97. The molecule has 23 heavy (non-hydrogen) atoms. The van der Waals surface area contributed by atoms with E-state index in [1.807, 2.05) is 18.2 Å². The standard InChI is InChI=1S/C16H17N5OS/c1-11-4-2-3-5-12(11)6-7-19-14(22)10-23-16-20-9-13(8-17)15(18)21-16/h2-5,9H,6-7,10H2,1H3,(H,19,22)(H2,18,20,21). The van der Waals surface area contributed by atoms with Gasteiger partial charge in [0.15, 0.2) is 5.16 Å². The highest BCUT2D eigenvalue weighted by atomic mass is 32.2. The Labute approximate surface area is 139 Å². The molecule has 0 aliphatic carbocycles. The fourth-order valence-electron chi connectivity index (χ4n) is 1.94. The second kappa shape index (κ2) is 8.15. The molecule has 118 valence electrons. The number of rotatable bonds is 6. The molecule has 0 saturated heterocycles. The first-order valence-electron chi connectivity index (χ1n) is 7.06. The van der Waals surface area contributed by atoms with E-state index >= 15 is 0 Å². The number of aromatic nitrogens is 2.